The number of thiophene rings is 1. The molecular formula is C82H82OS. The van der Waals surface area contributed by atoms with Gasteiger partial charge in [-0.15, -0.1) is 11.3 Å². The van der Waals surface area contributed by atoms with Crippen LogP contribution >= 0.6 is 11.3 Å². The number of aryl methyl sites for hydroxylation is 3. The average molecular weight is 1120 g/mol. The van der Waals surface area contributed by atoms with Crippen LogP contribution in [0.25, 0.3) is 48.0 Å². The molecular weight excluding hydrogens is 1030 g/mol. The molecule has 12 rings (SSSR count). The van der Waals surface area contributed by atoms with Gasteiger partial charge in [-0.2, -0.15) is 0 Å². The first-order valence-electron chi connectivity index (χ1n) is 30.4. The summed E-state index contributed by atoms with van der Waals surface area (Å²) in [4.78, 5) is 0. The maximum atomic E-state index is 6.12. The van der Waals surface area contributed by atoms with E-state index in [9.17, 15) is 0 Å². The zero-order valence-corrected chi connectivity index (χ0v) is 51.2. The van der Waals surface area contributed by atoms with Crippen LogP contribution < -0.4 is 4.74 Å². The fraction of sp³-hybridized carbons (Fsp3) is 0.195. The molecule has 0 saturated carbocycles. The van der Waals surface area contributed by atoms with Crippen molar-refractivity contribution in [2.24, 2.45) is 0 Å². The first kappa shape index (κ1) is 60.0. The van der Waals surface area contributed by atoms with E-state index in [0.29, 0.717) is 0 Å². The van der Waals surface area contributed by atoms with Crippen LogP contribution in [0, 0.1) is 13.8 Å². The quantitative estimate of drug-likeness (QED) is 0.0930. The zero-order chi connectivity index (χ0) is 58.7. The van der Waals surface area contributed by atoms with Gasteiger partial charge in [0.1, 0.15) is 11.5 Å². The van der Waals surface area contributed by atoms with E-state index in [1.165, 1.54) is 87.0 Å². The first-order chi connectivity index (χ1) is 41.3. The molecule has 1 unspecified atom stereocenters. The molecule has 1 atom stereocenters. The Bertz CT molecular complexity index is 3920. The van der Waals surface area contributed by atoms with E-state index >= 15 is 0 Å². The Hall–Kier alpha value is -8.56. The van der Waals surface area contributed by atoms with Crippen molar-refractivity contribution in [2.75, 3.05) is 0 Å². The van der Waals surface area contributed by atoms with Gasteiger partial charge in [0.25, 0.3) is 0 Å². The second-order valence-corrected chi connectivity index (χ2v) is 22.6. The SMILES string of the molecule is C=C/C=C(\C=C/C)c1ccc2sc3ccccc3c2c1.C=C/C=C\C(=C/CC1=CC2=C(CC1)C(C1=CCCC=C1)(C1=CC=CCC1)c1ccccc12)c1ccccc1CCC.CC.Cc1ccc(-c2cccc(C)c2Oc2ccccc2)cc1. The molecule has 1 nitrogen and oxygen atoms in total. The summed E-state index contributed by atoms with van der Waals surface area (Å²) < 4.78 is 8.81. The van der Waals surface area contributed by atoms with Crippen LogP contribution in [0.3, 0.4) is 0 Å². The Kier molecular flexibility index (Phi) is 21.2. The van der Waals surface area contributed by atoms with E-state index in [-0.39, 0.29) is 5.41 Å². The maximum absolute atomic E-state index is 6.12. The van der Waals surface area contributed by atoms with E-state index < -0.39 is 0 Å². The van der Waals surface area contributed by atoms with Gasteiger partial charge in [-0.1, -0.05) is 282 Å². The number of rotatable bonds is 15. The van der Waals surface area contributed by atoms with Gasteiger partial charge in [0.15, 0.2) is 0 Å². The summed E-state index contributed by atoms with van der Waals surface area (Å²) in [6.45, 7) is 20.2. The van der Waals surface area contributed by atoms with Gasteiger partial charge in [0.2, 0.25) is 0 Å². The van der Waals surface area contributed by atoms with Crippen molar-refractivity contribution in [1.82, 2.24) is 0 Å². The molecule has 4 aliphatic carbocycles. The van der Waals surface area contributed by atoms with Crippen molar-refractivity contribution in [3.63, 3.8) is 0 Å². The molecule has 1 aromatic heterocycles. The highest BCUT2D eigenvalue weighted by Crippen LogP contribution is 2.60. The normalized spacial score (nSPS) is 16.3. The topological polar surface area (TPSA) is 9.23 Å². The van der Waals surface area contributed by atoms with Crippen LogP contribution in [0.5, 0.6) is 11.5 Å². The molecule has 0 spiro atoms. The summed E-state index contributed by atoms with van der Waals surface area (Å²) in [5, 5.41) is 2.68. The van der Waals surface area contributed by atoms with Crippen molar-refractivity contribution in [1.29, 1.82) is 0 Å². The summed E-state index contributed by atoms with van der Waals surface area (Å²) >= 11 is 1.85. The Morgan fingerprint density at radius 2 is 1.44 bits per heavy atom. The molecule has 0 bridgehead atoms. The Morgan fingerprint density at radius 1 is 0.679 bits per heavy atom. The molecule has 84 heavy (non-hydrogen) atoms. The van der Waals surface area contributed by atoms with Gasteiger partial charge in [0, 0.05) is 25.7 Å². The standard InChI is InChI=1S/C41H42.C20H18O.C19H16S.C2H6/c1-3-5-17-33(36-23-13-12-18-32(36)16-4-2)28-26-31-27-29-40-38(30-31)37-24-14-15-25-39(37)41(40,34-19-8-6-9-20-34)35-21-10-7-11-22-35;1-15-11-13-17(14-12-15)19-10-6-7-16(2)20(19)21-18-8-4-3-5-9-18;1-3-7-14(8-4-2)15-11-12-19-17(13-15)16-9-5-6-10-18(16)20-19;1-2/h3,5-6,8,10,12-15,17-19,21-25,28,30H,1,4,7,9,11,16,20,26-27,29H2,2H3;3-14H,1-2H3;3-13H,1H2,2H3;1-2H3/b17-5-,33-28+;;8-4-,14-7+;. The highest BCUT2D eigenvalue weighted by Gasteiger charge is 2.49. The zero-order valence-electron chi connectivity index (χ0n) is 50.3. The molecule has 7 aromatic carbocycles. The number of fused-ring (bicyclic) bond motifs is 5. The molecule has 4 aliphatic rings. The molecule has 1 heterocycles. The lowest BCUT2D eigenvalue weighted by atomic mass is 9.62. The van der Waals surface area contributed by atoms with Crippen molar-refractivity contribution < 1.29 is 4.74 Å². The van der Waals surface area contributed by atoms with Crippen molar-refractivity contribution in [3.8, 4) is 22.6 Å². The lowest BCUT2D eigenvalue weighted by Crippen LogP contribution is -2.32. The molecule has 0 amide bonds. The Morgan fingerprint density at radius 3 is 2.20 bits per heavy atom. The Balaban J connectivity index is 0.000000165. The van der Waals surface area contributed by atoms with Crippen molar-refractivity contribution >= 4 is 48.2 Å². The van der Waals surface area contributed by atoms with E-state index in [0.717, 1.165) is 80.4 Å². The summed E-state index contributed by atoms with van der Waals surface area (Å²) in [6, 6.07) is 58.1. The van der Waals surface area contributed by atoms with E-state index in [4.69, 9.17) is 4.74 Å². The lowest BCUT2D eigenvalue weighted by molar-refractivity contribution is 0.481. The number of hydrogen-bond acceptors (Lipinski definition) is 2. The lowest BCUT2D eigenvalue weighted by Gasteiger charge is -2.40. The molecule has 2 heteroatoms. The molecule has 0 aliphatic heterocycles. The molecule has 0 saturated heterocycles. The highest BCUT2D eigenvalue weighted by molar-refractivity contribution is 7.25. The fourth-order valence-electron chi connectivity index (χ4n) is 12.3. The largest absolute Gasteiger partial charge is 0.456 e. The minimum Gasteiger partial charge on any atom is -0.456 e. The number of allylic oxidation sites excluding steroid dienone is 22. The minimum atomic E-state index is -0.123. The third-order valence-electron chi connectivity index (χ3n) is 16.1. The number of para-hydroxylation sites is 2. The van der Waals surface area contributed by atoms with E-state index in [2.05, 4.69) is 246 Å². The third-order valence-corrected chi connectivity index (χ3v) is 17.3. The number of ether oxygens (including phenoxy) is 1. The van der Waals surface area contributed by atoms with Gasteiger partial charge in [-0.05, 0) is 169 Å². The van der Waals surface area contributed by atoms with Crippen LogP contribution in [0.15, 0.2) is 290 Å². The van der Waals surface area contributed by atoms with Gasteiger partial charge < -0.3 is 4.74 Å². The summed E-state index contributed by atoms with van der Waals surface area (Å²) in [5.74, 6) is 1.78. The van der Waals surface area contributed by atoms with Crippen LogP contribution in [-0.4, -0.2) is 0 Å². The monoisotopic (exact) mass is 1110 g/mol. The summed E-state index contributed by atoms with van der Waals surface area (Å²) in [5.41, 5.74) is 21.7. The first-order valence-corrected chi connectivity index (χ1v) is 31.3. The minimum absolute atomic E-state index is 0.123. The molecule has 0 radical (unpaired) electrons. The number of benzene rings is 7. The van der Waals surface area contributed by atoms with Gasteiger partial charge in [-0.3, -0.25) is 0 Å². The van der Waals surface area contributed by atoms with Crippen LogP contribution in [0.4, 0.5) is 0 Å². The Labute approximate surface area is 506 Å². The van der Waals surface area contributed by atoms with Crippen LogP contribution in [-0.2, 0) is 11.8 Å². The van der Waals surface area contributed by atoms with Gasteiger partial charge in [-0.25, -0.2) is 0 Å². The molecule has 422 valence electrons. The molecule has 0 N–H and O–H groups in total. The van der Waals surface area contributed by atoms with Crippen molar-refractivity contribution in [2.45, 2.75) is 105 Å². The summed E-state index contributed by atoms with van der Waals surface area (Å²) in [6.07, 6.45) is 43.6. The van der Waals surface area contributed by atoms with Crippen molar-refractivity contribution in [3.05, 3.63) is 329 Å². The highest BCUT2D eigenvalue weighted by atomic mass is 32.1. The fourth-order valence-corrected chi connectivity index (χ4v) is 13.3. The van der Waals surface area contributed by atoms with Gasteiger partial charge >= 0.3 is 0 Å². The predicted octanol–water partition coefficient (Wildman–Crippen LogP) is 24.1. The molecule has 0 fully saturated rings. The van der Waals surface area contributed by atoms with E-state index in [1.54, 1.807) is 11.1 Å². The second kappa shape index (κ2) is 29.6. The predicted molar refractivity (Wildman–Crippen MR) is 369 cm³/mol. The molecule has 8 aromatic rings. The summed E-state index contributed by atoms with van der Waals surface area (Å²) in [7, 11) is 0. The smallest absolute Gasteiger partial charge is 0.138 e. The average Bonchev–Trinajstić information content (AvgIpc) is 3.11. The number of hydrogen-bond donors (Lipinski definition) is 0. The third kappa shape index (κ3) is 13.6. The second-order valence-electron chi connectivity index (χ2n) is 21.6. The van der Waals surface area contributed by atoms with Crippen LogP contribution in [0.2, 0.25) is 0 Å². The van der Waals surface area contributed by atoms with Gasteiger partial charge in [0.05, 0.1) is 5.41 Å². The van der Waals surface area contributed by atoms with Crippen LogP contribution in [0.1, 0.15) is 118 Å². The van der Waals surface area contributed by atoms with E-state index in [1.807, 2.05) is 74.6 Å². The maximum Gasteiger partial charge on any atom is 0.138 e.